The van der Waals surface area contributed by atoms with Crippen molar-refractivity contribution in [3.8, 4) is 0 Å². The lowest BCUT2D eigenvalue weighted by Gasteiger charge is -2.07. The molecular weight excluding hydrogens is 322 g/mol. The van der Waals surface area contributed by atoms with Crippen molar-refractivity contribution in [1.82, 2.24) is 14.6 Å². The second-order valence-corrected chi connectivity index (χ2v) is 5.72. The summed E-state index contributed by atoms with van der Waals surface area (Å²) < 4.78 is 9.09. The van der Waals surface area contributed by atoms with E-state index in [0.717, 1.165) is 22.4 Å². The normalized spacial score (nSPS) is 10.8. The first-order chi connectivity index (χ1) is 10.7. The summed E-state index contributed by atoms with van der Waals surface area (Å²) in [5, 5.41) is 5.19. The zero-order valence-electron chi connectivity index (χ0n) is 11.7. The molecule has 1 aromatic carbocycles. The Balaban J connectivity index is 1.79. The number of esters is 1. The third-order valence-electron chi connectivity index (χ3n) is 3.18. The number of benzene rings is 1. The Morgan fingerprint density at radius 2 is 2.18 bits per heavy atom. The van der Waals surface area contributed by atoms with Crippen LogP contribution < -0.4 is 0 Å². The second kappa shape index (κ2) is 6.37. The van der Waals surface area contributed by atoms with Gasteiger partial charge in [0.05, 0.1) is 11.2 Å². The quantitative estimate of drug-likeness (QED) is 0.538. The van der Waals surface area contributed by atoms with Crippen LogP contribution in [0.25, 0.3) is 10.9 Å². The van der Waals surface area contributed by atoms with E-state index in [-0.39, 0.29) is 6.61 Å². The molecule has 0 bridgehead atoms. The Morgan fingerprint density at radius 1 is 1.36 bits per heavy atom. The summed E-state index contributed by atoms with van der Waals surface area (Å²) in [5.41, 5.74) is 2.13. The standard InChI is InChI=1S/C15H12ClN3O2S/c1-2-11-13(22-19-18-11)15(20)21-8-10-7-9-5-3-4-6-12(9)17-14(10)16/h3-7H,2,8H2,1H3. The Kier molecular flexibility index (Phi) is 4.31. The Bertz CT molecular complexity index is 835. The van der Waals surface area contributed by atoms with Gasteiger partial charge in [-0.3, -0.25) is 0 Å². The third-order valence-corrected chi connectivity index (χ3v) is 4.26. The molecule has 0 atom stereocenters. The molecule has 0 unspecified atom stereocenters. The summed E-state index contributed by atoms with van der Waals surface area (Å²) in [4.78, 5) is 16.8. The highest BCUT2D eigenvalue weighted by Gasteiger charge is 2.17. The van der Waals surface area contributed by atoms with Gasteiger partial charge in [0.15, 0.2) is 4.88 Å². The summed E-state index contributed by atoms with van der Waals surface area (Å²) in [6.45, 7) is 1.98. The van der Waals surface area contributed by atoms with Crippen molar-refractivity contribution in [1.29, 1.82) is 0 Å². The van der Waals surface area contributed by atoms with Crippen LogP contribution in [0.1, 0.15) is 27.9 Å². The maximum absolute atomic E-state index is 12.1. The summed E-state index contributed by atoms with van der Waals surface area (Å²) >= 11 is 7.19. The third kappa shape index (κ3) is 2.93. The number of ether oxygens (including phenoxy) is 1. The van der Waals surface area contributed by atoms with E-state index in [4.69, 9.17) is 16.3 Å². The lowest BCUT2D eigenvalue weighted by Crippen LogP contribution is -2.06. The van der Waals surface area contributed by atoms with Crippen LogP contribution in [-0.2, 0) is 17.8 Å². The molecular formula is C15H12ClN3O2S. The van der Waals surface area contributed by atoms with Crippen LogP contribution in [0.5, 0.6) is 0 Å². The van der Waals surface area contributed by atoms with E-state index < -0.39 is 5.97 Å². The lowest BCUT2D eigenvalue weighted by molar-refractivity contribution is 0.0477. The van der Waals surface area contributed by atoms with Crippen LogP contribution in [0.4, 0.5) is 0 Å². The molecule has 0 fully saturated rings. The number of rotatable bonds is 4. The number of hydrogen-bond donors (Lipinski definition) is 0. The Morgan fingerprint density at radius 3 is 3.00 bits per heavy atom. The number of nitrogens with zero attached hydrogens (tertiary/aromatic N) is 3. The lowest BCUT2D eigenvalue weighted by atomic mass is 10.2. The van der Waals surface area contributed by atoms with E-state index in [0.29, 0.717) is 27.7 Å². The van der Waals surface area contributed by atoms with Crippen molar-refractivity contribution >= 4 is 40.0 Å². The van der Waals surface area contributed by atoms with Gasteiger partial charge in [0.25, 0.3) is 0 Å². The van der Waals surface area contributed by atoms with E-state index >= 15 is 0 Å². The molecule has 112 valence electrons. The predicted octanol–water partition coefficient (Wildman–Crippen LogP) is 3.66. The molecule has 0 aliphatic rings. The van der Waals surface area contributed by atoms with E-state index in [1.165, 1.54) is 0 Å². The number of pyridine rings is 1. The molecule has 2 aromatic heterocycles. The topological polar surface area (TPSA) is 65.0 Å². The average molecular weight is 334 g/mol. The molecule has 0 aliphatic heterocycles. The van der Waals surface area contributed by atoms with Gasteiger partial charge in [0.1, 0.15) is 11.8 Å². The van der Waals surface area contributed by atoms with Crippen LogP contribution in [0.2, 0.25) is 5.15 Å². The molecule has 2 heterocycles. The van der Waals surface area contributed by atoms with Crippen molar-refractivity contribution in [2.24, 2.45) is 0 Å². The molecule has 3 aromatic rings. The molecule has 3 rings (SSSR count). The van der Waals surface area contributed by atoms with Crippen molar-refractivity contribution in [2.45, 2.75) is 20.0 Å². The second-order valence-electron chi connectivity index (χ2n) is 4.61. The number of para-hydroxylation sites is 1. The van der Waals surface area contributed by atoms with E-state index in [9.17, 15) is 4.79 Å². The minimum atomic E-state index is -0.434. The largest absolute Gasteiger partial charge is 0.456 e. The van der Waals surface area contributed by atoms with Gasteiger partial charge >= 0.3 is 5.97 Å². The number of carbonyl (C=O) groups excluding carboxylic acids is 1. The Hall–Kier alpha value is -2.05. The first-order valence-corrected chi connectivity index (χ1v) is 7.86. The Labute approximate surface area is 136 Å². The van der Waals surface area contributed by atoms with Crippen LogP contribution >= 0.6 is 23.1 Å². The van der Waals surface area contributed by atoms with Gasteiger partial charge in [-0.25, -0.2) is 9.78 Å². The highest BCUT2D eigenvalue weighted by molar-refractivity contribution is 7.07. The molecule has 5 nitrogen and oxygen atoms in total. The van der Waals surface area contributed by atoms with Gasteiger partial charge in [0.2, 0.25) is 0 Å². The van der Waals surface area contributed by atoms with Crippen LogP contribution in [0.15, 0.2) is 30.3 Å². The molecule has 7 heteroatoms. The van der Waals surface area contributed by atoms with Crippen LogP contribution in [0.3, 0.4) is 0 Å². The smallest absolute Gasteiger partial charge is 0.352 e. The number of halogens is 1. The van der Waals surface area contributed by atoms with Gasteiger partial charge in [-0.1, -0.05) is 41.2 Å². The highest BCUT2D eigenvalue weighted by atomic mass is 35.5. The summed E-state index contributed by atoms with van der Waals surface area (Å²) in [7, 11) is 0. The predicted molar refractivity (Wildman–Crippen MR) is 85.2 cm³/mol. The van der Waals surface area contributed by atoms with Crippen LogP contribution in [0, 0.1) is 0 Å². The fraction of sp³-hybridized carbons (Fsp3) is 0.200. The molecule has 0 spiro atoms. The first kappa shape index (κ1) is 14.9. The fourth-order valence-electron chi connectivity index (χ4n) is 2.04. The summed E-state index contributed by atoms with van der Waals surface area (Å²) in [5.74, 6) is -0.434. The maximum Gasteiger partial charge on any atom is 0.352 e. The number of fused-ring (bicyclic) bond motifs is 1. The number of hydrogen-bond acceptors (Lipinski definition) is 6. The first-order valence-electron chi connectivity index (χ1n) is 6.71. The molecule has 0 N–H and O–H groups in total. The molecule has 22 heavy (non-hydrogen) atoms. The van der Waals surface area contributed by atoms with E-state index in [1.807, 2.05) is 37.3 Å². The zero-order valence-corrected chi connectivity index (χ0v) is 13.3. The number of aryl methyl sites for hydroxylation is 1. The number of aromatic nitrogens is 3. The van der Waals surface area contributed by atoms with E-state index in [2.05, 4.69) is 14.6 Å². The number of carbonyl (C=O) groups is 1. The highest BCUT2D eigenvalue weighted by Crippen LogP contribution is 2.22. The molecule has 0 radical (unpaired) electrons. The van der Waals surface area contributed by atoms with Crippen molar-refractivity contribution in [2.75, 3.05) is 0 Å². The minimum Gasteiger partial charge on any atom is -0.456 e. The summed E-state index contributed by atoms with van der Waals surface area (Å²) in [6.07, 6.45) is 0.638. The van der Waals surface area contributed by atoms with Gasteiger partial charge in [-0.15, -0.1) is 5.10 Å². The maximum atomic E-state index is 12.1. The van der Waals surface area contributed by atoms with E-state index in [1.54, 1.807) is 0 Å². The SMILES string of the molecule is CCc1nnsc1C(=O)OCc1cc2ccccc2nc1Cl. The van der Waals surface area contributed by atoms with Crippen molar-refractivity contribution in [3.05, 3.63) is 51.6 Å². The summed E-state index contributed by atoms with van der Waals surface area (Å²) in [6, 6.07) is 9.52. The van der Waals surface area contributed by atoms with Gasteiger partial charge in [-0.05, 0) is 30.1 Å². The zero-order chi connectivity index (χ0) is 15.5. The average Bonchev–Trinajstić information content (AvgIpc) is 3.01. The minimum absolute atomic E-state index is 0.0660. The molecule has 0 saturated heterocycles. The fourth-order valence-corrected chi connectivity index (χ4v) is 2.89. The van der Waals surface area contributed by atoms with Gasteiger partial charge in [0, 0.05) is 10.9 Å². The van der Waals surface area contributed by atoms with Crippen molar-refractivity contribution < 1.29 is 9.53 Å². The monoisotopic (exact) mass is 333 g/mol. The molecule has 0 aliphatic carbocycles. The van der Waals surface area contributed by atoms with Crippen LogP contribution in [-0.4, -0.2) is 20.5 Å². The molecule has 0 amide bonds. The molecule has 0 saturated carbocycles. The van der Waals surface area contributed by atoms with Gasteiger partial charge < -0.3 is 4.74 Å². The van der Waals surface area contributed by atoms with Crippen molar-refractivity contribution in [3.63, 3.8) is 0 Å². The van der Waals surface area contributed by atoms with Gasteiger partial charge in [-0.2, -0.15) is 0 Å².